The maximum Gasteiger partial charge on any atom is 0.161 e. The summed E-state index contributed by atoms with van der Waals surface area (Å²) in [6.07, 6.45) is 7.07. The van der Waals surface area contributed by atoms with Crippen LogP contribution in [0.3, 0.4) is 0 Å². The molecular weight excluding hydrogens is 360 g/mol. The van der Waals surface area contributed by atoms with Crippen LogP contribution >= 0.6 is 0 Å². The molecule has 3 aromatic rings. The molecule has 2 aromatic carbocycles. The number of ether oxygens (including phenoxy) is 2. The van der Waals surface area contributed by atoms with Crippen molar-refractivity contribution in [1.29, 1.82) is 0 Å². The van der Waals surface area contributed by atoms with E-state index in [1.54, 1.807) is 14.2 Å². The second-order valence-electron chi connectivity index (χ2n) is 7.59. The molecule has 1 N–H and O–H groups in total. The van der Waals surface area contributed by atoms with Crippen molar-refractivity contribution in [3.8, 4) is 11.5 Å². The Morgan fingerprint density at radius 3 is 2.62 bits per heavy atom. The number of nitrogens with zero attached hydrogens (tertiary/aromatic N) is 1. The van der Waals surface area contributed by atoms with Gasteiger partial charge in [-0.15, -0.1) is 0 Å². The normalized spacial score (nSPS) is 18.1. The number of aryl methyl sites for hydroxylation is 1. The first-order valence-electron chi connectivity index (χ1n) is 10.2. The Balaban J connectivity index is 1.54. The minimum atomic E-state index is 0.415. The van der Waals surface area contributed by atoms with Gasteiger partial charge in [0.25, 0.3) is 0 Å². The van der Waals surface area contributed by atoms with Crippen LogP contribution in [0.25, 0.3) is 0 Å². The van der Waals surface area contributed by atoms with Crippen LogP contribution in [0.5, 0.6) is 11.5 Å². The van der Waals surface area contributed by atoms with Crippen molar-refractivity contribution in [3.05, 3.63) is 89.2 Å². The molecule has 2 unspecified atom stereocenters. The van der Waals surface area contributed by atoms with Crippen molar-refractivity contribution in [2.75, 3.05) is 14.2 Å². The molecule has 0 fully saturated rings. The molecule has 4 nitrogen and oxygen atoms in total. The molecule has 0 saturated carbocycles. The van der Waals surface area contributed by atoms with Gasteiger partial charge in [-0.3, -0.25) is 4.98 Å². The van der Waals surface area contributed by atoms with Crippen LogP contribution < -0.4 is 14.8 Å². The molecule has 0 bridgehead atoms. The highest BCUT2D eigenvalue weighted by molar-refractivity contribution is 5.43. The Hall–Kier alpha value is -2.85. The van der Waals surface area contributed by atoms with Crippen molar-refractivity contribution in [2.24, 2.45) is 0 Å². The lowest BCUT2D eigenvalue weighted by Gasteiger charge is -2.34. The minimum Gasteiger partial charge on any atom is -0.493 e. The molecule has 1 aromatic heterocycles. The second kappa shape index (κ2) is 9.10. The van der Waals surface area contributed by atoms with Gasteiger partial charge in [-0.1, -0.05) is 36.4 Å². The number of nitrogens with one attached hydrogen (secondary N) is 1. The lowest BCUT2D eigenvalue weighted by atomic mass is 9.76. The summed E-state index contributed by atoms with van der Waals surface area (Å²) in [5, 5.41) is 3.82. The Morgan fingerprint density at radius 1 is 0.966 bits per heavy atom. The summed E-state index contributed by atoms with van der Waals surface area (Å²) in [4.78, 5) is 4.31. The average Bonchev–Trinajstić information content (AvgIpc) is 2.79. The van der Waals surface area contributed by atoms with Gasteiger partial charge >= 0.3 is 0 Å². The molecule has 150 valence electrons. The summed E-state index contributed by atoms with van der Waals surface area (Å²) in [5.41, 5.74) is 5.42. The number of aromatic nitrogens is 1. The topological polar surface area (TPSA) is 43.4 Å². The quantitative estimate of drug-likeness (QED) is 0.646. The van der Waals surface area contributed by atoms with Crippen LogP contribution in [0, 0.1) is 0 Å². The lowest BCUT2D eigenvalue weighted by molar-refractivity contribution is 0.353. The predicted octanol–water partition coefficient (Wildman–Crippen LogP) is 4.53. The maximum absolute atomic E-state index is 5.46. The first kappa shape index (κ1) is 19.5. The van der Waals surface area contributed by atoms with Crippen LogP contribution in [-0.2, 0) is 19.4 Å². The summed E-state index contributed by atoms with van der Waals surface area (Å²) < 4.78 is 10.8. The molecule has 0 aliphatic heterocycles. The van der Waals surface area contributed by atoms with Crippen LogP contribution in [0.1, 0.15) is 34.6 Å². The smallest absolute Gasteiger partial charge is 0.161 e. The molecule has 29 heavy (non-hydrogen) atoms. The maximum atomic E-state index is 5.46. The van der Waals surface area contributed by atoms with Gasteiger partial charge in [-0.25, -0.2) is 0 Å². The van der Waals surface area contributed by atoms with E-state index in [1.165, 1.54) is 22.3 Å². The summed E-state index contributed by atoms with van der Waals surface area (Å²) in [6.45, 7) is 0.802. The summed E-state index contributed by atoms with van der Waals surface area (Å²) >= 11 is 0. The van der Waals surface area contributed by atoms with Crippen molar-refractivity contribution in [1.82, 2.24) is 10.3 Å². The van der Waals surface area contributed by atoms with Gasteiger partial charge in [0.1, 0.15) is 0 Å². The Labute approximate surface area is 172 Å². The number of hydrogen-bond donors (Lipinski definition) is 1. The van der Waals surface area contributed by atoms with E-state index in [9.17, 15) is 0 Å². The number of pyridine rings is 1. The van der Waals surface area contributed by atoms with E-state index in [0.717, 1.165) is 37.3 Å². The highest BCUT2D eigenvalue weighted by Gasteiger charge is 2.29. The van der Waals surface area contributed by atoms with Crippen LogP contribution in [0.4, 0.5) is 0 Å². The zero-order chi connectivity index (χ0) is 20.1. The van der Waals surface area contributed by atoms with Gasteiger partial charge in [-0.2, -0.15) is 0 Å². The third-order valence-corrected chi connectivity index (χ3v) is 5.86. The molecule has 2 atom stereocenters. The largest absolute Gasteiger partial charge is 0.493 e. The van der Waals surface area contributed by atoms with Crippen LogP contribution in [0.15, 0.2) is 67.0 Å². The lowest BCUT2D eigenvalue weighted by Crippen LogP contribution is -2.39. The molecule has 4 heteroatoms. The van der Waals surface area contributed by atoms with Gasteiger partial charge < -0.3 is 14.8 Å². The fourth-order valence-corrected chi connectivity index (χ4v) is 4.36. The molecule has 0 amide bonds. The number of hydrogen-bond acceptors (Lipinski definition) is 4. The predicted molar refractivity (Wildman–Crippen MR) is 116 cm³/mol. The van der Waals surface area contributed by atoms with Crippen molar-refractivity contribution < 1.29 is 9.47 Å². The Kier molecular flexibility index (Phi) is 6.11. The summed E-state index contributed by atoms with van der Waals surface area (Å²) in [7, 11) is 3.34. The molecule has 0 spiro atoms. The van der Waals surface area contributed by atoms with Crippen LogP contribution in [0.2, 0.25) is 0 Å². The highest BCUT2D eigenvalue weighted by atomic mass is 16.5. The average molecular weight is 389 g/mol. The van der Waals surface area contributed by atoms with E-state index in [0.29, 0.717) is 12.0 Å². The molecule has 0 saturated heterocycles. The fraction of sp³-hybridized carbons (Fsp3) is 0.320. The van der Waals surface area contributed by atoms with Gasteiger partial charge in [0.15, 0.2) is 11.5 Å². The van der Waals surface area contributed by atoms with Gasteiger partial charge in [0, 0.05) is 30.9 Å². The monoisotopic (exact) mass is 388 g/mol. The standard InChI is InChI=1S/C25H28N2O2/c1-28-24-12-9-19(15-25(24)29-2)17-27-23-11-10-20-7-3-4-8-21(20)22(23)14-18-6-5-13-26-16-18/h3-9,12-13,15-16,22-23,27H,10-11,14,17H2,1-2H3. The van der Waals surface area contributed by atoms with E-state index in [1.807, 2.05) is 24.5 Å². The molecule has 4 rings (SSSR count). The van der Waals surface area contributed by atoms with Gasteiger partial charge in [-0.05, 0) is 59.7 Å². The minimum absolute atomic E-state index is 0.415. The fourth-order valence-electron chi connectivity index (χ4n) is 4.36. The summed E-state index contributed by atoms with van der Waals surface area (Å²) in [6, 6.07) is 19.6. The number of methoxy groups -OCH3 is 2. The third kappa shape index (κ3) is 4.43. The molecular formula is C25H28N2O2. The van der Waals surface area contributed by atoms with Gasteiger partial charge in [0.2, 0.25) is 0 Å². The zero-order valence-corrected chi connectivity index (χ0v) is 17.1. The number of rotatable bonds is 7. The van der Waals surface area contributed by atoms with E-state index < -0.39 is 0 Å². The third-order valence-electron chi connectivity index (χ3n) is 5.86. The van der Waals surface area contributed by atoms with Crippen molar-refractivity contribution in [3.63, 3.8) is 0 Å². The number of fused-ring (bicyclic) bond motifs is 1. The first-order chi connectivity index (χ1) is 14.3. The molecule has 1 aliphatic rings. The zero-order valence-electron chi connectivity index (χ0n) is 17.1. The van der Waals surface area contributed by atoms with E-state index in [-0.39, 0.29) is 0 Å². The van der Waals surface area contributed by atoms with Gasteiger partial charge in [0.05, 0.1) is 14.2 Å². The molecule has 1 heterocycles. The van der Waals surface area contributed by atoms with E-state index in [2.05, 4.69) is 52.8 Å². The van der Waals surface area contributed by atoms with Crippen molar-refractivity contribution >= 4 is 0 Å². The highest BCUT2D eigenvalue weighted by Crippen LogP contribution is 2.35. The first-order valence-corrected chi connectivity index (χ1v) is 10.2. The molecule has 0 radical (unpaired) electrons. The second-order valence-corrected chi connectivity index (χ2v) is 7.59. The van der Waals surface area contributed by atoms with E-state index in [4.69, 9.17) is 9.47 Å². The van der Waals surface area contributed by atoms with E-state index >= 15 is 0 Å². The van der Waals surface area contributed by atoms with Crippen molar-refractivity contribution in [2.45, 2.75) is 37.8 Å². The summed E-state index contributed by atoms with van der Waals surface area (Å²) in [5.74, 6) is 1.97. The Bertz CT molecular complexity index is 943. The molecule has 1 aliphatic carbocycles. The Morgan fingerprint density at radius 2 is 1.83 bits per heavy atom. The SMILES string of the molecule is COc1ccc(CNC2CCc3ccccc3C2Cc2cccnc2)cc1OC. The van der Waals surface area contributed by atoms with Crippen LogP contribution in [-0.4, -0.2) is 25.2 Å². The number of benzene rings is 2.